The molecule has 6 nitrogen and oxygen atoms in total. The molecule has 2 rings (SSSR count). The molecule has 0 heterocycles. The smallest absolute Gasteiger partial charge is 0.251 e. The molecular weight excluding hydrogens is 352 g/mol. The maximum atomic E-state index is 12.5. The molecule has 0 bridgehead atoms. The SMILES string of the molecule is COc1ccc(CNS(=O)(=O)c2cccc(C(=O)NCC(C)C)c2)cc1. The summed E-state index contributed by atoms with van der Waals surface area (Å²) < 4.78 is 32.6. The zero-order valence-electron chi connectivity index (χ0n) is 15.2. The normalized spacial score (nSPS) is 11.4. The van der Waals surface area contributed by atoms with Gasteiger partial charge in [-0.2, -0.15) is 0 Å². The van der Waals surface area contributed by atoms with Crippen LogP contribution in [0.1, 0.15) is 29.8 Å². The van der Waals surface area contributed by atoms with E-state index in [4.69, 9.17) is 4.74 Å². The van der Waals surface area contributed by atoms with Gasteiger partial charge in [-0.1, -0.05) is 32.0 Å². The Morgan fingerprint density at radius 3 is 2.42 bits per heavy atom. The number of carbonyl (C=O) groups excluding carboxylic acids is 1. The molecule has 0 aliphatic carbocycles. The van der Waals surface area contributed by atoms with Crippen LogP contribution >= 0.6 is 0 Å². The van der Waals surface area contributed by atoms with Crippen LogP contribution in [0, 0.1) is 5.92 Å². The minimum atomic E-state index is -3.72. The number of hydrogen-bond donors (Lipinski definition) is 2. The van der Waals surface area contributed by atoms with Crippen molar-refractivity contribution in [1.29, 1.82) is 0 Å². The van der Waals surface area contributed by atoms with Gasteiger partial charge in [0.05, 0.1) is 12.0 Å². The van der Waals surface area contributed by atoms with Crippen LogP contribution in [0.5, 0.6) is 5.75 Å². The summed E-state index contributed by atoms with van der Waals surface area (Å²) in [6.45, 7) is 4.66. The standard InChI is InChI=1S/C19H24N2O4S/c1-14(2)12-20-19(22)16-5-4-6-18(11-16)26(23,24)21-13-15-7-9-17(25-3)10-8-15/h4-11,14,21H,12-13H2,1-3H3,(H,20,22). The molecule has 2 aromatic carbocycles. The molecule has 2 aromatic rings. The van der Waals surface area contributed by atoms with E-state index in [9.17, 15) is 13.2 Å². The number of rotatable bonds is 8. The molecule has 0 fully saturated rings. The van der Waals surface area contributed by atoms with E-state index < -0.39 is 10.0 Å². The first kappa shape index (κ1) is 19.9. The molecule has 7 heteroatoms. The number of hydrogen-bond acceptors (Lipinski definition) is 4. The number of amides is 1. The number of benzene rings is 2. The van der Waals surface area contributed by atoms with E-state index in [0.29, 0.717) is 23.8 Å². The maximum Gasteiger partial charge on any atom is 0.251 e. The predicted molar refractivity (Wildman–Crippen MR) is 101 cm³/mol. The lowest BCUT2D eigenvalue weighted by atomic mass is 10.2. The topological polar surface area (TPSA) is 84.5 Å². The van der Waals surface area contributed by atoms with Gasteiger partial charge in [0.25, 0.3) is 5.91 Å². The molecule has 0 aromatic heterocycles. The van der Waals surface area contributed by atoms with Crippen LogP contribution in [0.2, 0.25) is 0 Å². The Morgan fingerprint density at radius 1 is 1.12 bits per heavy atom. The van der Waals surface area contributed by atoms with E-state index >= 15 is 0 Å². The molecule has 0 spiro atoms. The van der Waals surface area contributed by atoms with E-state index in [2.05, 4.69) is 10.0 Å². The third kappa shape index (κ3) is 5.57. The van der Waals surface area contributed by atoms with Crippen molar-refractivity contribution in [3.63, 3.8) is 0 Å². The quantitative estimate of drug-likeness (QED) is 0.742. The highest BCUT2D eigenvalue weighted by Crippen LogP contribution is 2.14. The number of sulfonamides is 1. The van der Waals surface area contributed by atoms with Gasteiger partial charge in [-0.05, 0) is 41.8 Å². The molecule has 0 saturated carbocycles. The summed E-state index contributed by atoms with van der Waals surface area (Å²) in [4.78, 5) is 12.2. The maximum absolute atomic E-state index is 12.5. The van der Waals surface area contributed by atoms with E-state index in [1.165, 1.54) is 12.1 Å². The summed E-state index contributed by atoms with van der Waals surface area (Å²) in [6.07, 6.45) is 0. The number of carbonyl (C=O) groups is 1. The van der Waals surface area contributed by atoms with Gasteiger partial charge < -0.3 is 10.1 Å². The Morgan fingerprint density at radius 2 is 1.81 bits per heavy atom. The molecule has 26 heavy (non-hydrogen) atoms. The lowest BCUT2D eigenvalue weighted by Crippen LogP contribution is -2.28. The van der Waals surface area contributed by atoms with Gasteiger partial charge in [0.1, 0.15) is 5.75 Å². The van der Waals surface area contributed by atoms with Crippen LogP contribution in [-0.4, -0.2) is 28.0 Å². The first-order valence-electron chi connectivity index (χ1n) is 8.32. The van der Waals surface area contributed by atoms with Crippen LogP contribution in [0.15, 0.2) is 53.4 Å². The summed E-state index contributed by atoms with van der Waals surface area (Å²) in [6, 6.07) is 13.1. The van der Waals surface area contributed by atoms with Gasteiger partial charge in [-0.3, -0.25) is 4.79 Å². The van der Waals surface area contributed by atoms with Crippen molar-refractivity contribution in [2.24, 2.45) is 5.92 Å². The fraction of sp³-hybridized carbons (Fsp3) is 0.316. The van der Waals surface area contributed by atoms with Crippen LogP contribution in [0.3, 0.4) is 0 Å². The summed E-state index contributed by atoms with van der Waals surface area (Å²) in [5.74, 6) is 0.736. The summed E-state index contributed by atoms with van der Waals surface area (Å²) in [5.41, 5.74) is 1.12. The monoisotopic (exact) mass is 376 g/mol. The van der Waals surface area contributed by atoms with Crippen LogP contribution in [0.4, 0.5) is 0 Å². The summed E-state index contributed by atoms with van der Waals surface area (Å²) in [5, 5.41) is 2.78. The molecule has 0 radical (unpaired) electrons. The van der Waals surface area contributed by atoms with Gasteiger partial charge in [0, 0.05) is 18.7 Å². The fourth-order valence-corrected chi connectivity index (χ4v) is 3.27. The minimum absolute atomic E-state index is 0.0585. The van der Waals surface area contributed by atoms with Crippen molar-refractivity contribution in [1.82, 2.24) is 10.0 Å². The highest BCUT2D eigenvalue weighted by molar-refractivity contribution is 7.89. The first-order chi connectivity index (χ1) is 12.3. The third-order valence-corrected chi connectivity index (χ3v) is 5.10. The van der Waals surface area contributed by atoms with E-state index in [1.54, 1.807) is 43.5 Å². The molecule has 0 unspecified atom stereocenters. The average molecular weight is 376 g/mol. The second kappa shape index (κ2) is 8.82. The first-order valence-corrected chi connectivity index (χ1v) is 9.81. The molecule has 0 saturated heterocycles. The second-order valence-electron chi connectivity index (χ2n) is 6.30. The largest absolute Gasteiger partial charge is 0.497 e. The highest BCUT2D eigenvalue weighted by Gasteiger charge is 2.16. The zero-order chi connectivity index (χ0) is 19.2. The van der Waals surface area contributed by atoms with Gasteiger partial charge >= 0.3 is 0 Å². The number of nitrogens with one attached hydrogen (secondary N) is 2. The van der Waals surface area contributed by atoms with Crippen LogP contribution in [0.25, 0.3) is 0 Å². The van der Waals surface area contributed by atoms with Gasteiger partial charge in [0.15, 0.2) is 0 Å². The van der Waals surface area contributed by atoms with E-state index in [0.717, 1.165) is 5.56 Å². The molecule has 2 N–H and O–H groups in total. The Hall–Kier alpha value is -2.38. The Bertz CT molecular complexity index is 846. The number of methoxy groups -OCH3 is 1. The fourth-order valence-electron chi connectivity index (χ4n) is 2.21. The summed E-state index contributed by atoms with van der Waals surface area (Å²) in [7, 11) is -2.15. The zero-order valence-corrected chi connectivity index (χ0v) is 16.0. The lowest BCUT2D eigenvalue weighted by molar-refractivity contribution is 0.0949. The highest BCUT2D eigenvalue weighted by atomic mass is 32.2. The van der Waals surface area contributed by atoms with Crippen molar-refractivity contribution in [3.05, 3.63) is 59.7 Å². The molecule has 1 amide bonds. The van der Waals surface area contributed by atoms with Crippen molar-refractivity contribution in [2.75, 3.05) is 13.7 Å². The second-order valence-corrected chi connectivity index (χ2v) is 8.07. The van der Waals surface area contributed by atoms with Crippen molar-refractivity contribution >= 4 is 15.9 Å². The van der Waals surface area contributed by atoms with Crippen molar-refractivity contribution in [3.8, 4) is 5.75 Å². The Balaban J connectivity index is 2.07. The molecule has 140 valence electrons. The van der Waals surface area contributed by atoms with Gasteiger partial charge in [-0.25, -0.2) is 13.1 Å². The van der Waals surface area contributed by atoms with Crippen LogP contribution < -0.4 is 14.8 Å². The van der Waals surface area contributed by atoms with Gasteiger partial charge in [-0.15, -0.1) is 0 Å². The van der Waals surface area contributed by atoms with E-state index in [1.807, 2.05) is 13.8 Å². The predicted octanol–water partition coefficient (Wildman–Crippen LogP) is 2.56. The molecule has 0 aliphatic heterocycles. The van der Waals surface area contributed by atoms with Crippen LogP contribution in [-0.2, 0) is 16.6 Å². The Labute approximate surface area is 154 Å². The average Bonchev–Trinajstić information content (AvgIpc) is 2.65. The molecule has 0 atom stereocenters. The molecule has 0 aliphatic rings. The minimum Gasteiger partial charge on any atom is -0.497 e. The summed E-state index contributed by atoms with van der Waals surface area (Å²) >= 11 is 0. The Kier molecular flexibility index (Phi) is 6.76. The van der Waals surface area contributed by atoms with Crippen molar-refractivity contribution in [2.45, 2.75) is 25.3 Å². The number of ether oxygens (including phenoxy) is 1. The van der Waals surface area contributed by atoms with E-state index in [-0.39, 0.29) is 17.3 Å². The lowest BCUT2D eigenvalue weighted by Gasteiger charge is -2.10. The molecular formula is C19H24N2O4S. The van der Waals surface area contributed by atoms with Gasteiger partial charge in [0.2, 0.25) is 10.0 Å². The van der Waals surface area contributed by atoms with Crippen molar-refractivity contribution < 1.29 is 17.9 Å². The third-order valence-electron chi connectivity index (χ3n) is 3.70.